The third kappa shape index (κ3) is 5.81. The van der Waals surface area contributed by atoms with E-state index in [0.29, 0.717) is 61.5 Å². The van der Waals surface area contributed by atoms with E-state index in [1.165, 1.54) is 12.1 Å². The molecule has 3 aromatic carbocycles. The highest BCUT2D eigenvalue weighted by Gasteiger charge is 2.37. The number of aromatic nitrogens is 3. The van der Waals surface area contributed by atoms with Gasteiger partial charge in [-0.1, -0.05) is 42.5 Å². The number of amides is 3. The van der Waals surface area contributed by atoms with Gasteiger partial charge in [-0.15, -0.1) is 0 Å². The fourth-order valence-corrected chi connectivity index (χ4v) is 7.80. The van der Waals surface area contributed by atoms with Crippen LogP contribution in [0.2, 0.25) is 0 Å². The second-order valence-corrected chi connectivity index (χ2v) is 13.5. The van der Waals surface area contributed by atoms with Gasteiger partial charge in [0.1, 0.15) is 11.6 Å². The standard InChI is InChI=1S/C39H37FN6O4/c40-29-10-11-33-34(23-29)44(25-26-6-2-1-3-7-26)39(50)45(33)30-15-20-43(21-16-30)36(47)28-13-18-42(19-14-28)24-27-12-17-41-35(22-27)46-37(48)31-8-4-5-9-32(31)38(46)49/h1-12,17,22-23,28,30H,13-16,18-21,24-25H2. The lowest BCUT2D eigenvalue weighted by molar-refractivity contribution is -0.138. The van der Waals surface area contributed by atoms with Gasteiger partial charge in [0, 0.05) is 37.8 Å². The van der Waals surface area contributed by atoms with Gasteiger partial charge in [-0.05, 0) is 92.4 Å². The monoisotopic (exact) mass is 672 g/mol. The van der Waals surface area contributed by atoms with Gasteiger partial charge < -0.3 is 4.90 Å². The second-order valence-electron chi connectivity index (χ2n) is 13.5. The molecule has 0 radical (unpaired) electrons. The molecule has 2 fully saturated rings. The van der Waals surface area contributed by atoms with Crippen LogP contribution < -0.4 is 10.6 Å². The van der Waals surface area contributed by atoms with Crippen molar-refractivity contribution in [1.82, 2.24) is 23.9 Å². The van der Waals surface area contributed by atoms with Crippen LogP contribution in [-0.2, 0) is 17.9 Å². The van der Waals surface area contributed by atoms with Crippen LogP contribution in [0.5, 0.6) is 0 Å². The lowest BCUT2D eigenvalue weighted by Crippen LogP contribution is -2.46. The molecule has 0 saturated carbocycles. The molecule has 8 rings (SSSR count). The number of fused-ring (bicyclic) bond motifs is 2. The molecular weight excluding hydrogens is 635 g/mol. The first kappa shape index (κ1) is 31.8. The number of imide groups is 1. The van der Waals surface area contributed by atoms with Gasteiger partial charge in [0.2, 0.25) is 5.91 Å². The number of halogens is 1. The van der Waals surface area contributed by atoms with Gasteiger partial charge in [0.05, 0.1) is 28.7 Å². The summed E-state index contributed by atoms with van der Waals surface area (Å²) >= 11 is 0. The highest BCUT2D eigenvalue weighted by atomic mass is 19.1. The zero-order valence-electron chi connectivity index (χ0n) is 27.6. The van der Waals surface area contributed by atoms with Crippen LogP contribution in [0.15, 0.2) is 95.9 Å². The Kier molecular flexibility index (Phi) is 8.36. The number of anilines is 1. The first-order chi connectivity index (χ1) is 24.4. The van der Waals surface area contributed by atoms with E-state index < -0.39 is 0 Å². The summed E-state index contributed by atoms with van der Waals surface area (Å²) in [4.78, 5) is 63.0. The minimum atomic E-state index is -0.380. The third-order valence-corrected chi connectivity index (χ3v) is 10.4. The number of pyridine rings is 1. The summed E-state index contributed by atoms with van der Waals surface area (Å²) in [5.41, 5.74) is 3.83. The van der Waals surface area contributed by atoms with Crippen molar-refractivity contribution in [3.63, 3.8) is 0 Å². The molecule has 50 heavy (non-hydrogen) atoms. The van der Waals surface area contributed by atoms with E-state index in [4.69, 9.17) is 0 Å². The van der Waals surface area contributed by atoms with Crippen molar-refractivity contribution in [1.29, 1.82) is 0 Å². The van der Waals surface area contributed by atoms with Crippen molar-refractivity contribution >= 4 is 34.6 Å². The van der Waals surface area contributed by atoms with Gasteiger partial charge in [-0.25, -0.2) is 19.1 Å². The van der Waals surface area contributed by atoms with Crippen molar-refractivity contribution in [3.05, 3.63) is 130 Å². The maximum Gasteiger partial charge on any atom is 0.329 e. The van der Waals surface area contributed by atoms with Crippen LogP contribution in [0.25, 0.3) is 11.0 Å². The smallest absolute Gasteiger partial charge is 0.329 e. The highest BCUT2D eigenvalue weighted by molar-refractivity contribution is 6.34. The molecule has 0 N–H and O–H groups in total. The van der Waals surface area contributed by atoms with E-state index in [-0.39, 0.29) is 41.2 Å². The first-order valence-corrected chi connectivity index (χ1v) is 17.2. The van der Waals surface area contributed by atoms with Crippen molar-refractivity contribution in [2.24, 2.45) is 5.92 Å². The van der Waals surface area contributed by atoms with Gasteiger partial charge in [0.15, 0.2) is 0 Å². The SMILES string of the molecule is O=C(C1CCN(Cc2ccnc(N3C(=O)c4ccccc4C3=O)c2)CC1)N1CCC(n2c(=O)n(Cc3ccccc3)c3cc(F)ccc32)CC1. The highest BCUT2D eigenvalue weighted by Crippen LogP contribution is 2.31. The molecule has 5 aromatic rings. The fourth-order valence-electron chi connectivity index (χ4n) is 7.80. The Morgan fingerprint density at radius 2 is 1.40 bits per heavy atom. The molecule has 3 amide bonds. The van der Waals surface area contributed by atoms with Crippen molar-refractivity contribution in [2.75, 3.05) is 31.1 Å². The molecular formula is C39H37FN6O4. The van der Waals surface area contributed by atoms with Crippen molar-refractivity contribution in [3.8, 4) is 0 Å². The molecule has 0 spiro atoms. The Balaban J connectivity index is 0.881. The summed E-state index contributed by atoms with van der Waals surface area (Å²) in [6.07, 6.45) is 4.43. The number of piperidine rings is 2. The van der Waals surface area contributed by atoms with E-state index in [1.807, 2.05) is 41.3 Å². The molecule has 2 aromatic heterocycles. The maximum absolute atomic E-state index is 14.3. The number of imidazole rings is 1. The molecule has 3 aliphatic heterocycles. The maximum atomic E-state index is 14.3. The number of nitrogens with zero attached hydrogens (tertiary/aromatic N) is 6. The summed E-state index contributed by atoms with van der Waals surface area (Å²) in [6.45, 7) is 3.63. The van der Waals surface area contributed by atoms with Crippen LogP contribution in [0.3, 0.4) is 0 Å². The molecule has 5 heterocycles. The summed E-state index contributed by atoms with van der Waals surface area (Å²) in [5.74, 6) is -0.688. The van der Waals surface area contributed by atoms with Gasteiger partial charge >= 0.3 is 5.69 Å². The lowest BCUT2D eigenvalue weighted by atomic mass is 9.93. The zero-order valence-corrected chi connectivity index (χ0v) is 27.6. The summed E-state index contributed by atoms with van der Waals surface area (Å²) in [6, 6.07) is 24.6. The molecule has 0 atom stereocenters. The van der Waals surface area contributed by atoms with Gasteiger partial charge in [0.25, 0.3) is 11.8 Å². The van der Waals surface area contributed by atoms with Crippen LogP contribution >= 0.6 is 0 Å². The number of likely N-dealkylation sites (tertiary alicyclic amines) is 2. The predicted octanol–water partition coefficient (Wildman–Crippen LogP) is 5.26. The Bertz CT molecular complexity index is 2130. The second kappa shape index (κ2) is 13.1. The Labute approximate surface area is 288 Å². The summed E-state index contributed by atoms with van der Waals surface area (Å²) in [7, 11) is 0. The molecule has 0 bridgehead atoms. The minimum Gasteiger partial charge on any atom is -0.342 e. The normalized spacial score (nSPS) is 17.5. The number of carbonyl (C=O) groups excluding carboxylic acids is 3. The average Bonchev–Trinajstić information content (AvgIpc) is 3.56. The topological polar surface area (TPSA) is 101 Å². The van der Waals surface area contributed by atoms with Gasteiger partial charge in [-0.3, -0.25) is 28.4 Å². The fraction of sp³-hybridized carbons (Fsp3) is 0.308. The average molecular weight is 673 g/mol. The quantitative estimate of drug-likeness (QED) is 0.219. The number of carbonyl (C=O) groups is 3. The van der Waals surface area contributed by atoms with E-state index >= 15 is 0 Å². The number of rotatable bonds is 7. The van der Waals surface area contributed by atoms with Crippen molar-refractivity contribution < 1.29 is 18.8 Å². The van der Waals surface area contributed by atoms with Gasteiger partial charge in [-0.2, -0.15) is 0 Å². The predicted molar refractivity (Wildman–Crippen MR) is 186 cm³/mol. The van der Waals surface area contributed by atoms with E-state index in [1.54, 1.807) is 51.7 Å². The van der Waals surface area contributed by atoms with Crippen molar-refractivity contribution in [2.45, 2.75) is 44.8 Å². The molecule has 11 heteroatoms. The summed E-state index contributed by atoms with van der Waals surface area (Å²) in [5, 5.41) is 0. The number of benzene rings is 3. The molecule has 10 nitrogen and oxygen atoms in total. The van der Waals surface area contributed by atoms with E-state index in [0.717, 1.165) is 47.5 Å². The third-order valence-electron chi connectivity index (χ3n) is 10.4. The number of hydrogen-bond donors (Lipinski definition) is 0. The number of hydrogen-bond acceptors (Lipinski definition) is 6. The van der Waals surface area contributed by atoms with Crippen LogP contribution in [0, 0.1) is 11.7 Å². The van der Waals surface area contributed by atoms with Crippen LogP contribution in [0.1, 0.15) is 63.6 Å². The Morgan fingerprint density at radius 3 is 2.10 bits per heavy atom. The molecule has 0 unspecified atom stereocenters. The summed E-state index contributed by atoms with van der Waals surface area (Å²) < 4.78 is 17.8. The molecule has 3 aliphatic rings. The van der Waals surface area contributed by atoms with E-state index in [9.17, 15) is 23.6 Å². The molecule has 254 valence electrons. The molecule has 0 aliphatic carbocycles. The molecule has 2 saturated heterocycles. The van der Waals surface area contributed by atoms with Crippen LogP contribution in [0.4, 0.5) is 10.2 Å². The first-order valence-electron chi connectivity index (χ1n) is 17.2. The largest absolute Gasteiger partial charge is 0.342 e. The Morgan fingerprint density at radius 1 is 0.720 bits per heavy atom. The Hall–Kier alpha value is -5.42. The minimum absolute atomic E-state index is 0.0624. The lowest BCUT2D eigenvalue weighted by Gasteiger charge is -2.37. The zero-order chi connectivity index (χ0) is 34.4. The van der Waals surface area contributed by atoms with E-state index in [2.05, 4.69) is 9.88 Å². The van der Waals surface area contributed by atoms with Crippen LogP contribution in [-0.4, -0.2) is 67.8 Å².